The number of ether oxygens (including phenoxy) is 1. The summed E-state index contributed by atoms with van der Waals surface area (Å²) in [6.07, 6.45) is -0.788. The quantitative estimate of drug-likeness (QED) is 0.854. The molecule has 1 atom stereocenters. The molecule has 2 aromatic rings. The fraction of sp³-hybridized carbons (Fsp3) is 0.200. The molecule has 0 aliphatic carbocycles. The smallest absolute Gasteiger partial charge is 0.258 e. The third-order valence-electron chi connectivity index (χ3n) is 2.95. The van der Waals surface area contributed by atoms with Crippen LogP contribution >= 0.6 is 0 Å². The van der Waals surface area contributed by atoms with Crippen molar-refractivity contribution in [1.82, 2.24) is 0 Å². The number of hydrogen-bond donors (Lipinski definition) is 1. The lowest BCUT2D eigenvalue weighted by Crippen LogP contribution is -2.31. The molecule has 0 aromatic heterocycles. The van der Waals surface area contributed by atoms with Crippen LogP contribution < -0.4 is 10.5 Å². The van der Waals surface area contributed by atoms with Gasteiger partial charge in [0, 0.05) is 5.39 Å². The van der Waals surface area contributed by atoms with Gasteiger partial charge < -0.3 is 10.5 Å². The van der Waals surface area contributed by atoms with Crippen molar-refractivity contribution in [3.63, 3.8) is 0 Å². The van der Waals surface area contributed by atoms with E-state index in [-0.39, 0.29) is 5.78 Å². The summed E-state index contributed by atoms with van der Waals surface area (Å²) in [4.78, 5) is 22.8. The zero-order valence-electron chi connectivity index (χ0n) is 10.8. The van der Waals surface area contributed by atoms with E-state index >= 15 is 0 Å². The molecule has 0 radical (unpaired) electrons. The molecule has 4 heteroatoms. The lowest BCUT2D eigenvalue weighted by Gasteiger charge is -2.16. The Kier molecular flexibility index (Phi) is 3.51. The highest BCUT2D eigenvalue weighted by Crippen LogP contribution is 2.31. The van der Waals surface area contributed by atoms with Crippen molar-refractivity contribution in [2.24, 2.45) is 5.73 Å². The van der Waals surface area contributed by atoms with Crippen LogP contribution in [-0.4, -0.2) is 17.8 Å². The van der Waals surface area contributed by atoms with Gasteiger partial charge >= 0.3 is 0 Å². The van der Waals surface area contributed by atoms with Crippen LogP contribution in [0.15, 0.2) is 36.4 Å². The topological polar surface area (TPSA) is 69.4 Å². The molecule has 2 N–H and O–H groups in total. The number of primary amides is 1. The summed E-state index contributed by atoms with van der Waals surface area (Å²) in [6, 6.07) is 11.1. The Bertz CT molecular complexity index is 649. The molecule has 4 nitrogen and oxygen atoms in total. The molecule has 1 amide bonds. The maximum Gasteiger partial charge on any atom is 0.258 e. The van der Waals surface area contributed by atoms with E-state index in [0.29, 0.717) is 11.3 Å². The lowest BCUT2D eigenvalue weighted by atomic mass is 10.0. The largest absolute Gasteiger partial charge is 0.479 e. The van der Waals surface area contributed by atoms with E-state index in [0.717, 1.165) is 10.8 Å². The average Bonchev–Trinajstić information content (AvgIpc) is 2.38. The molecule has 0 heterocycles. The minimum atomic E-state index is -0.788. The number of nitrogens with two attached hydrogens (primary N) is 1. The van der Waals surface area contributed by atoms with Gasteiger partial charge in [-0.15, -0.1) is 0 Å². The number of hydrogen-bond acceptors (Lipinski definition) is 3. The van der Waals surface area contributed by atoms with Gasteiger partial charge in [0.15, 0.2) is 11.9 Å². The van der Waals surface area contributed by atoms with Gasteiger partial charge in [-0.3, -0.25) is 9.59 Å². The van der Waals surface area contributed by atoms with Gasteiger partial charge in [0.05, 0.1) is 5.56 Å². The number of amides is 1. The van der Waals surface area contributed by atoms with Crippen molar-refractivity contribution in [3.8, 4) is 5.75 Å². The maximum atomic E-state index is 11.7. The van der Waals surface area contributed by atoms with E-state index in [1.165, 1.54) is 6.92 Å². The molecular formula is C15H15NO3. The summed E-state index contributed by atoms with van der Waals surface area (Å²) in [5.41, 5.74) is 5.66. The molecule has 2 rings (SSSR count). The monoisotopic (exact) mass is 257 g/mol. The molecule has 1 unspecified atom stereocenters. The molecule has 2 aromatic carbocycles. The van der Waals surface area contributed by atoms with Crippen molar-refractivity contribution in [1.29, 1.82) is 0 Å². The Labute approximate surface area is 111 Å². The molecule has 0 aliphatic heterocycles. The summed E-state index contributed by atoms with van der Waals surface area (Å²) in [7, 11) is 0. The second-order valence-corrected chi connectivity index (χ2v) is 4.38. The molecule has 98 valence electrons. The third-order valence-corrected chi connectivity index (χ3v) is 2.95. The zero-order chi connectivity index (χ0) is 14.0. The van der Waals surface area contributed by atoms with E-state index < -0.39 is 12.0 Å². The van der Waals surface area contributed by atoms with Gasteiger partial charge in [-0.2, -0.15) is 0 Å². The standard InChI is InChI=1S/C15H15NO3/c1-9(17)12-8-7-11-5-3-4-6-13(11)14(12)19-10(2)15(16)18/h3-8,10H,1-2H3,(H2,16,18). The first-order valence-electron chi connectivity index (χ1n) is 5.99. The van der Waals surface area contributed by atoms with Crippen molar-refractivity contribution in [3.05, 3.63) is 42.0 Å². The van der Waals surface area contributed by atoms with Crippen molar-refractivity contribution < 1.29 is 14.3 Å². The number of carbonyl (C=O) groups excluding carboxylic acids is 2. The minimum Gasteiger partial charge on any atom is -0.479 e. The number of benzene rings is 2. The van der Waals surface area contributed by atoms with E-state index in [2.05, 4.69) is 0 Å². The van der Waals surface area contributed by atoms with Gasteiger partial charge in [0.2, 0.25) is 0 Å². The van der Waals surface area contributed by atoms with E-state index in [1.807, 2.05) is 30.3 Å². The van der Waals surface area contributed by atoms with Crippen LogP contribution in [0.5, 0.6) is 5.75 Å². The highest BCUT2D eigenvalue weighted by molar-refractivity contribution is 6.04. The number of fused-ring (bicyclic) bond motifs is 1. The average molecular weight is 257 g/mol. The number of Topliss-reactive ketones (excluding diaryl/α,β-unsaturated/α-hetero) is 1. The number of ketones is 1. The summed E-state index contributed by atoms with van der Waals surface area (Å²) in [5, 5.41) is 1.74. The van der Waals surface area contributed by atoms with Crippen LogP contribution in [0.2, 0.25) is 0 Å². The molecule has 0 fully saturated rings. The Balaban J connectivity index is 2.62. The molecular weight excluding hydrogens is 242 g/mol. The van der Waals surface area contributed by atoms with Crippen molar-refractivity contribution >= 4 is 22.5 Å². The Morgan fingerprint density at radius 2 is 1.84 bits per heavy atom. The molecule has 19 heavy (non-hydrogen) atoms. The highest BCUT2D eigenvalue weighted by atomic mass is 16.5. The maximum absolute atomic E-state index is 11.7. The van der Waals surface area contributed by atoms with E-state index in [9.17, 15) is 9.59 Å². The first-order chi connectivity index (χ1) is 9.00. The molecule has 0 saturated carbocycles. The van der Waals surface area contributed by atoms with Crippen LogP contribution in [0, 0.1) is 0 Å². The zero-order valence-corrected chi connectivity index (χ0v) is 10.8. The first kappa shape index (κ1) is 13.1. The van der Waals surface area contributed by atoms with Crippen LogP contribution in [0.4, 0.5) is 0 Å². The minimum absolute atomic E-state index is 0.113. The Morgan fingerprint density at radius 1 is 1.16 bits per heavy atom. The van der Waals surface area contributed by atoms with E-state index in [4.69, 9.17) is 10.5 Å². The second-order valence-electron chi connectivity index (χ2n) is 4.38. The predicted octanol–water partition coefficient (Wildman–Crippen LogP) is 2.29. The summed E-state index contributed by atoms with van der Waals surface area (Å²) in [6.45, 7) is 3.03. The van der Waals surface area contributed by atoms with Gasteiger partial charge in [0.25, 0.3) is 5.91 Å². The highest BCUT2D eigenvalue weighted by Gasteiger charge is 2.17. The van der Waals surface area contributed by atoms with Crippen LogP contribution in [-0.2, 0) is 4.79 Å². The molecule has 0 spiro atoms. The van der Waals surface area contributed by atoms with Gasteiger partial charge in [0.1, 0.15) is 5.75 Å². The van der Waals surface area contributed by atoms with Gasteiger partial charge in [-0.25, -0.2) is 0 Å². The number of rotatable bonds is 4. The Morgan fingerprint density at radius 3 is 2.47 bits per heavy atom. The molecule has 0 saturated heterocycles. The molecule has 0 aliphatic rings. The van der Waals surface area contributed by atoms with Crippen LogP contribution in [0.3, 0.4) is 0 Å². The van der Waals surface area contributed by atoms with Crippen LogP contribution in [0.25, 0.3) is 10.8 Å². The number of carbonyl (C=O) groups is 2. The fourth-order valence-corrected chi connectivity index (χ4v) is 1.88. The molecule has 0 bridgehead atoms. The van der Waals surface area contributed by atoms with Gasteiger partial charge in [-0.05, 0) is 25.3 Å². The predicted molar refractivity (Wildman–Crippen MR) is 73.2 cm³/mol. The van der Waals surface area contributed by atoms with E-state index in [1.54, 1.807) is 13.0 Å². The fourth-order valence-electron chi connectivity index (χ4n) is 1.88. The second kappa shape index (κ2) is 5.10. The summed E-state index contributed by atoms with van der Waals surface area (Å²) >= 11 is 0. The van der Waals surface area contributed by atoms with Crippen molar-refractivity contribution in [2.45, 2.75) is 20.0 Å². The van der Waals surface area contributed by atoms with Gasteiger partial charge in [-0.1, -0.05) is 30.3 Å². The third kappa shape index (κ3) is 2.57. The normalized spacial score (nSPS) is 12.1. The van der Waals surface area contributed by atoms with Crippen LogP contribution in [0.1, 0.15) is 24.2 Å². The Hall–Kier alpha value is -2.36. The summed E-state index contributed by atoms with van der Waals surface area (Å²) in [5.74, 6) is -0.267. The summed E-state index contributed by atoms with van der Waals surface area (Å²) < 4.78 is 5.59. The van der Waals surface area contributed by atoms with Crippen molar-refractivity contribution in [2.75, 3.05) is 0 Å². The lowest BCUT2D eigenvalue weighted by molar-refractivity contribution is -0.123. The first-order valence-corrected chi connectivity index (χ1v) is 5.99. The SMILES string of the molecule is CC(=O)c1ccc2ccccc2c1OC(C)C(N)=O.